The van der Waals surface area contributed by atoms with Crippen LogP contribution in [0.5, 0.6) is 0 Å². The third-order valence-electron chi connectivity index (χ3n) is 4.05. The first kappa shape index (κ1) is 17.9. The zero-order chi connectivity index (χ0) is 18.0. The fraction of sp³-hybridized carbons (Fsp3) is 0.375. The van der Waals surface area contributed by atoms with Crippen LogP contribution in [0.1, 0.15) is 18.0 Å². The van der Waals surface area contributed by atoms with Gasteiger partial charge in [-0.25, -0.2) is 13.4 Å². The second-order valence-electron chi connectivity index (χ2n) is 5.87. The number of hydrogen-bond acceptors (Lipinski definition) is 7. The van der Waals surface area contributed by atoms with Gasteiger partial charge in [-0.15, -0.1) is 0 Å². The fourth-order valence-corrected chi connectivity index (χ4v) is 3.86. The number of aromatic nitrogens is 2. The maximum absolute atomic E-state index is 11.7. The molecule has 0 spiro atoms. The van der Waals surface area contributed by atoms with Crippen LogP contribution in [0.3, 0.4) is 0 Å². The Kier molecular flexibility index (Phi) is 5.12. The van der Waals surface area contributed by atoms with E-state index >= 15 is 0 Å². The Morgan fingerprint density at radius 2 is 2.16 bits per heavy atom. The van der Waals surface area contributed by atoms with Crippen LogP contribution in [-0.4, -0.2) is 44.4 Å². The van der Waals surface area contributed by atoms with Crippen molar-refractivity contribution < 1.29 is 13.2 Å². The number of hydrogen-bond donors (Lipinski definition) is 1. The smallest absolute Gasteiger partial charge is 0.221 e. The molecule has 2 N–H and O–H groups in total. The summed E-state index contributed by atoms with van der Waals surface area (Å²) < 4.78 is 29.2. The molecule has 3 rings (SSSR count). The predicted octanol–water partition coefficient (Wildman–Crippen LogP) is 2.08. The standard InChI is InChI=1S/C16H19ClN4O3S/c1-25(22,23)11-3-4-12(13(17)9-11)14-10-24-8-2-7-21(14)15-5-6-19-16(18)20-15/h3-6,9,14H,2,7-8,10H2,1H3,(H2,18,19,20)/t14-/m1/s1. The molecule has 0 unspecified atom stereocenters. The van der Waals surface area contributed by atoms with Crippen molar-refractivity contribution in [2.45, 2.75) is 17.4 Å². The van der Waals surface area contributed by atoms with E-state index in [2.05, 4.69) is 14.9 Å². The second-order valence-corrected chi connectivity index (χ2v) is 8.29. The van der Waals surface area contributed by atoms with Crippen molar-refractivity contribution in [3.8, 4) is 0 Å². The van der Waals surface area contributed by atoms with Gasteiger partial charge in [0.15, 0.2) is 9.84 Å². The van der Waals surface area contributed by atoms with Crippen molar-refractivity contribution in [2.75, 3.05) is 36.6 Å². The zero-order valence-electron chi connectivity index (χ0n) is 13.7. The summed E-state index contributed by atoms with van der Waals surface area (Å²) in [5.41, 5.74) is 6.50. The SMILES string of the molecule is CS(=O)(=O)c1ccc([C@H]2COCCCN2c2ccnc(N)n2)c(Cl)c1. The third kappa shape index (κ3) is 4.02. The average molecular weight is 383 g/mol. The minimum Gasteiger partial charge on any atom is -0.379 e. The maximum atomic E-state index is 11.7. The van der Waals surface area contributed by atoms with E-state index in [4.69, 9.17) is 22.1 Å². The molecular weight excluding hydrogens is 364 g/mol. The Balaban J connectivity index is 2.02. The third-order valence-corrected chi connectivity index (χ3v) is 5.49. The highest BCUT2D eigenvalue weighted by Gasteiger charge is 2.27. The van der Waals surface area contributed by atoms with Gasteiger partial charge in [0.05, 0.1) is 17.5 Å². The van der Waals surface area contributed by atoms with Crippen LogP contribution in [0, 0.1) is 0 Å². The van der Waals surface area contributed by atoms with E-state index in [-0.39, 0.29) is 16.9 Å². The van der Waals surface area contributed by atoms with Gasteiger partial charge < -0.3 is 15.4 Å². The van der Waals surface area contributed by atoms with Crippen LogP contribution in [0.15, 0.2) is 35.4 Å². The van der Waals surface area contributed by atoms with Crippen molar-refractivity contribution in [3.05, 3.63) is 41.0 Å². The Hall–Kier alpha value is -1.90. The molecule has 0 saturated carbocycles. The van der Waals surface area contributed by atoms with Crippen molar-refractivity contribution in [1.82, 2.24) is 9.97 Å². The Morgan fingerprint density at radius 3 is 2.84 bits per heavy atom. The molecule has 1 saturated heterocycles. The first-order valence-corrected chi connectivity index (χ1v) is 10.1. The Morgan fingerprint density at radius 1 is 1.36 bits per heavy atom. The molecule has 2 heterocycles. The molecule has 9 heteroatoms. The number of halogens is 1. The summed E-state index contributed by atoms with van der Waals surface area (Å²) in [5.74, 6) is 0.881. The molecule has 1 aliphatic rings. The van der Waals surface area contributed by atoms with E-state index in [1.165, 1.54) is 6.07 Å². The number of benzene rings is 1. The largest absolute Gasteiger partial charge is 0.379 e. The van der Waals surface area contributed by atoms with Crippen molar-refractivity contribution in [1.29, 1.82) is 0 Å². The molecule has 2 aromatic rings. The van der Waals surface area contributed by atoms with E-state index in [0.29, 0.717) is 30.6 Å². The number of nitrogens with zero attached hydrogens (tertiary/aromatic N) is 3. The predicted molar refractivity (Wildman–Crippen MR) is 96.5 cm³/mol. The van der Waals surface area contributed by atoms with E-state index in [0.717, 1.165) is 18.2 Å². The minimum absolute atomic E-state index is 0.189. The lowest BCUT2D eigenvalue weighted by Crippen LogP contribution is -2.31. The van der Waals surface area contributed by atoms with Crippen LogP contribution >= 0.6 is 11.6 Å². The van der Waals surface area contributed by atoms with Crippen LogP contribution in [0.4, 0.5) is 11.8 Å². The molecule has 1 aromatic carbocycles. The summed E-state index contributed by atoms with van der Waals surface area (Å²) in [5, 5.41) is 0.380. The van der Waals surface area contributed by atoms with Crippen molar-refractivity contribution in [2.24, 2.45) is 0 Å². The van der Waals surface area contributed by atoms with E-state index < -0.39 is 9.84 Å². The molecule has 134 valence electrons. The monoisotopic (exact) mass is 382 g/mol. The molecule has 1 atom stereocenters. The highest BCUT2D eigenvalue weighted by molar-refractivity contribution is 7.90. The molecule has 0 aliphatic carbocycles. The molecule has 1 aromatic heterocycles. The first-order valence-electron chi connectivity index (χ1n) is 7.78. The lowest BCUT2D eigenvalue weighted by Gasteiger charge is -2.31. The number of sulfone groups is 1. The molecule has 1 fully saturated rings. The molecule has 7 nitrogen and oxygen atoms in total. The van der Waals surface area contributed by atoms with Gasteiger partial charge in [0.2, 0.25) is 5.95 Å². The molecule has 25 heavy (non-hydrogen) atoms. The lowest BCUT2D eigenvalue weighted by atomic mass is 10.1. The summed E-state index contributed by atoms with van der Waals surface area (Å²) in [6.45, 7) is 1.76. The lowest BCUT2D eigenvalue weighted by molar-refractivity contribution is 0.134. The maximum Gasteiger partial charge on any atom is 0.221 e. The highest BCUT2D eigenvalue weighted by Crippen LogP contribution is 2.33. The number of nitrogens with two attached hydrogens (primary N) is 1. The van der Waals surface area contributed by atoms with Gasteiger partial charge in [-0.05, 0) is 30.2 Å². The molecule has 1 aliphatic heterocycles. The van der Waals surface area contributed by atoms with Crippen LogP contribution in [-0.2, 0) is 14.6 Å². The van der Waals surface area contributed by atoms with E-state index in [9.17, 15) is 8.42 Å². The topological polar surface area (TPSA) is 98.4 Å². The number of ether oxygens (including phenoxy) is 1. The second kappa shape index (κ2) is 7.15. The number of rotatable bonds is 3. The van der Waals surface area contributed by atoms with Gasteiger partial charge >= 0.3 is 0 Å². The highest BCUT2D eigenvalue weighted by atomic mass is 35.5. The van der Waals surface area contributed by atoms with Crippen LogP contribution in [0.2, 0.25) is 5.02 Å². The molecule has 0 bridgehead atoms. The normalized spacial score (nSPS) is 18.8. The summed E-state index contributed by atoms with van der Waals surface area (Å²) in [6.07, 6.45) is 3.59. The Labute approximate surface area is 151 Å². The van der Waals surface area contributed by atoms with Crippen LogP contribution in [0.25, 0.3) is 0 Å². The summed E-state index contributed by atoms with van der Waals surface area (Å²) >= 11 is 6.40. The molecule has 0 radical (unpaired) electrons. The fourth-order valence-electron chi connectivity index (χ4n) is 2.84. The van der Waals surface area contributed by atoms with Gasteiger partial charge in [0, 0.05) is 30.6 Å². The van der Waals surface area contributed by atoms with Gasteiger partial charge in [0.1, 0.15) is 5.82 Å². The minimum atomic E-state index is -3.32. The van der Waals surface area contributed by atoms with Crippen LogP contribution < -0.4 is 10.6 Å². The van der Waals surface area contributed by atoms with E-state index in [1.54, 1.807) is 24.4 Å². The summed E-state index contributed by atoms with van der Waals surface area (Å²) in [6, 6.07) is 6.36. The molecule has 0 amide bonds. The molecular formula is C16H19ClN4O3S. The van der Waals surface area contributed by atoms with Gasteiger partial charge in [-0.3, -0.25) is 0 Å². The van der Waals surface area contributed by atoms with Gasteiger partial charge in [0.25, 0.3) is 0 Å². The van der Waals surface area contributed by atoms with Crippen molar-refractivity contribution in [3.63, 3.8) is 0 Å². The first-order chi connectivity index (χ1) is 11.9. The Bertz CT molecular complexity index is 875. The quantitative estimate of drug-likeness (QED) is 0.867. The zero-order valence-corrected chi connectivity index (χ0v) is 15.3. The summed E-state index contributed by atoms with van der Waals surface area (Å²) in [4.78, 5) is 10.5. The van der Waals surface area contributed by atoms with E-state index in [1.807, 2.05) is 0 Å². The number of nitrogen functional groups attached to an aromatic ring is 1. The van der Waals surface area contributed by atoms with Gasteiger partial charge in [-0.1, -0.05) is 17.7 Å². The average Bonchev–Trinajstić information content (AvgIpc) is 2.79. The van der Waals surface area contributed by atoms with Gasteiger partial charge in [-0.2, -0.15) is 4.98 Å². The van der Waals surface area contributed by atoms with Crippen molar-refractivity contribution >= 4 is 33.2 Å². The number of anilines is 2. The summed E-state index contributed by atoms with van der Waals surface area (Å²) in [7, 11) is -3.32.